The summed E-state index contributed by atoms with van der Waals surface area (Å²) in [7, 11) is 1.58. The molecule has 1 atom stereocenters. The van der Waals surface area contributed by atoms with Crippen molar-refractivity contribution in [3.8, 4) is 27.9 Å². The highest BCUT2D eigenvalue weighted by Gasteiger charge is 2.33. The van der Waals surface area contributed by atoms with Crippen molar-refractivity contribution >= 4 is 11.6 Å². The molecule has 1 aliphatic rings. The van der Waals surface area contributed by atoms with Gasteiger partial charge in [-0.05, 0) is 47.4 Å². The Labute approximate surface area is 226 Å². The lowest BCUT2D eigenvalue weighted by atomic mass is 9.97. The monoisotopic (exact) mass is 547 g/mol. The number of hydrogen-bond donors (Lipinski definition) is 0. The zero-order chi connectivity index (χ0) is 27.3. The molecule has 6 rings (SSSR count). The molecule has 13 heteroatoms. The van der Waals surface area contributed by atoms with Gasteiger partial charge in [0.2, 0.25) is 5.69 Å². The van der Waals surface area contributed by atoms with Gasteiger partial charge >= 0.3 is 0 Å². The van der Waals surface area contributed by atoms with Gasteiger partial charge in [-0.2, -0.15) is 19.6 Å². The number of pyridine rings is 1. The second kappa shape index (κ2) is 9.70. The van der Waals surface area contributed by atoms with Gasteiger partial charge in [-0.25, -0.2) is 9.07 Å². The van der Waals surface area contributed by atoms with E-state index in [9.17, 15) is 10.0 Å². The lowest BCUT2D eigenvalue weighted by Crippen LogP contribution is -2.36. The Bertz CT molecular complexity index is 1750. The van der Waals surface area contributed by atoms with Crippen molar-refractivity contribution in [3.63, 3.8) is 0 Å². The third-order valence-corrected chi connectivity index (χ3v) is 7.34. The molecule has 1 unspecified atom stereocenters. The number of hydrogen-bond acceptors (Lipinski definition) is 7. The first kappa shape index (κ1) is 24.9. The first-order chi connectivity index (χ1) is 18.8. The van der Waals surface area contributed by atoms with E-state index >= 15 is 4.39 Å². The lowest BCUT2D eigenvalue weighted by molar-refractivity contribution is -0.615. The molecule has 39 heavy (non-hydrogen) atoms. The van der Waals surface area contributed by atoms with Gasteiger partial charge in [-0.3, -0.25) is 9.48 Å². The maximum absolute atomic E-state index is 15.4. The molecule has 5 aromatic rings. The van der Waals surface area contributed by atoms with E-state index in [4.69, 9.17) is 11.6 Å². The van der Waals surface area contributed by atoms with Crippen LogP contribution in [0.4, 0.5) is 4.39 Å². The molecule has 0 saturated heterocycles. The second-order valence-electron chi connectivity index (χ2n) is 9.74. The van der Waals surface area contributed by atoms with Gasteiger partial charge in [0.15, 0.2) is 12.0 Å². The number of aryl methyl sites for hydroxylation is 2. The van der Waals surface area contributed by atoms with Crippen molar-refractivity contribution in [1.29, 1.82) is 0 Å². The Morgan fingerprint density at radius 3 is 2.72 bits per heavy atom. The van der Waals surface area contributed by atoms with Gasteiger partial charge in [-0.15, -0.1) is 5.10 Å². The molecule has 1 aromatic carbocycles. The number of rotatable bonds is 7. The minimum Gasteiger partial charge on any atom is -0.618 e. The topological polar surface area (TPSA) is 123 Å². The van der Waals surface area contributed by atoms with Crippen molar-refractivity contribution < 1.29 is 9.12 Å². The van der Waals surface area contributed by atoms with E-state index in [1.54, 1.807) is 36.3 Å². The Balaban J connectivity index is 1.43. The number of halogens is 2. The summed E-state index contributed by atoms with van der Waals surface area (Å²) in [4.78, 5) is 12.1. The summed E-state index contributed by atoms with van der Waals surface area (Å²) in [6.07, 6.45) is 10.7. The molecule has 4 heterocycles. The van der Waals surface area contributed by atoms with Crippen LogP contribution >= 0.6 is 11.6 Å². The summed E-state index contributed by atoms with van der Waals surface area (Å²) in [5, 5.41) is 33.3. The first-order valence-corrected chi connectivity index (χ1v) is 12.7. The standard InChI is InChI=1S/C26H23ClFN9O2/c1-15-7-23(37(39)13-19(15)25-21(36-14-29-32-33-36)6-5-20(27)26(25)28)22(8-16-3-4-16)35-12-18(11-31-35)17-9-24(38)34(2)30-10-17/h5-7,9-14,16,22H,3-4,8H2,1-2H3. The van der Waals surface area contributed by atoms with E-state index in [1.165, 1.54) is 34.0 Å². The summed E-state index contributed by atoms with van der Waals surface area (Å²) in [5.41, 5.74) is 3.14. The minimum atomic E-state index is -0.672. The van der Waals surface area contributed by atoms with Crippen LogP contribution in [0, 0.1) is 23.9 Å². The van der Waals surface area contributed by atoms with Crippen LogP contribution in [-0.2, 0) is 7.05 Å². The third kappa shape index (κ3) is 4.67. The molecule has 0 N–H and O–H groups in total. The highest BCUT2D eigenvalue weighted by atomic mass is 35.5. The average Bonchev–Trinajstić information content (AvgIpc) is 3.35. The lowest BCUT2D eigenvalue weighted by Gasteiger charge is -2.19. The van der Waals surface area contributed by atoms with Crippen LogP contribution in [0.2, 0.25) is 5.02 Å². The third-order valence-electron chi connectivity index (χ3n) is 7.05. The van der Waals surface area contributed by atoms with Crippen molar-refractivity contribution in [2.24, 2.45) is 13.0 Å². The number of nitrogens with zero attached hydrogens (tertiary/aromatic N) is 9. The smallest absolute Gasteiger partial charge is 0.267 e. The molecule has 198 valence electrons. The van der Waals surface area contributed by atoms with E-state index in [2.05, 4.69) is 25.7 Å². The number of benzene rings is 1. The van der Waals surface area contributed by atoms with Gasteiger partial charge in [0.25, 0.3) is 5.56 Å². The molecule has 1 aliphatic carbocycles. The molecular formula is C26H23ClFN9O2. The van der Waals surface area contributed by atoms with Crippen LogP contribution < -0.4 is 10.3 Å². The van der Waals surface area contributed by atoms with Crippen molar-refractivity contribution in [3.05, 3.63) is 93.0 Å². The predicted octanol–water partition coefficient (Wildman–Crippen LogP) is 3.41. The number of aromatic nitrogens is 9. The van der Waals surface area contributed by atoms with Crippen LogP contribution in [-0.4, -0.2) is 39.8 Å². The van der Waals surface area contributed by atoms with Gasteiger partial charge in [-0.1, -0.05) is 24.4 Å². The van der Waals surface area contributed by atoms with Crippen LogP contribution in [0.5, 0.6) is 0 Å². The molecule has 0 amide bonds. The summed E-state index contributed by atoms with van der Waals surface area (Å²) in [6, 6.07) is 5.93. The predicted molar refractivity (Wildman–Crippen MR) is 139 cm³/mol. The largest absolute Gasteiger partial charge is 0.618 e. The molecule has 0 aliphatic heterocycles. The van der Waals surface area contributed by atoms with E-state index < -0.39 is 5.82 Å². The Morgan fingerprint density at radius 1 is 1.21 bits per heavy atom. The molecule has 1 fully saturated rings. The first-order valence-electron chi connectivity index (χ1n) is 12.3. The highest BCUT2D eigenvalue weighted by molar-refractivity contribution is 6.31. The van der Waals surface area contributed by atoms with Crippen molar-refractivity contribution in [2.45, 2.75) is 32.2 Å². The quantitative estimate of drug-likeness (QED) is 0.226. The van der Waals surface area contributed by atoms with Crippen molar-refractivity contribution in [1.82, 2.24) is 39.8 Å². The highest BCUT2D eigenvalue weighted by Crippen LogP contribution is 2.40. The minimum absolute atomic E-state index is 0.0799. The van der Waals surface area contributed by atoms with E-state index in [-0.39, 0.29) is 22.2 Å². The van der Waals surface area contributed by atoms with Crippen molar-refractivity contribution in [2.75, 3.05) is 0 Å². The Kier molecular flexibility index (Phi) is 6.18. The fraction of sp³-hybridized carbons (Fsp3) is 0.269. The van der Waals surface area contributed by atoms with Crippen LogP contribution in [0.1, 0.15) is 36.6 Å². The van der Waals surface area contributed by atoms with Crippen LogP contribution in [0.25, 0.3) is 27.9 Å². The number of tetrazole rings is 1. The molecule has 11 nitrogen and oxygen atoms in total. The van der Waals surface area contributed by atoms with E-state index in [1.807, 2.05) is 13.1 Å². The summed E-state index contributed by atoms with van der Waals surface area (Å²) in [5.74, 6) is -0.195. The molecule has 0 spiro atoms. The fourth-order valence-corrected chi connectivity index (χ4v) is 4.90. The molecule has 4 aromatic heterocycles. The normalized spacial score (nSPS) is 14.1. The van der Waals surface area contributed by atoms with Gasteiger partial charge in [0.05, 0.1) is 34.2 Å². The maximum atomic E-state index is 15.4. The molecule has 0 bridgehead atoms. The summed E-state index contributed by atoms with van der Waals surface area (Å²) >= 11 is 6.13. The van der Waals surface area contributed by atoms with E-state index in [0.717, 1.165) is 29.6 Å². The molecule has 1 saturated carbocycles. The Morgan fingerprint density at radius 2 is 2.00 bits per heavy atom. The summed E-state index contributed by atoms with van der Waals surface area (Å²) < 4.78 is 20.5. The van der Waals surface area contributed by atoms with Gasteiger partial charge < -0.3 is 5.21 Å². The average molecular weight is 548 g/mol. The fourth-order valence-electron chi connectivity index (χ4n) is 4.74. The zero-order valence-electron chi connectivity index (χ0n) is 21.1. The van der Waals surface area contributed by atoms with Gasteiger partial charge in [0, 0.05) is 36.5 Å². The van der Waals surface area contributed by atoms with E-state index in [0.29, 0.717) is 34.0 Å². The van der Waals surface area contributed by atoms with Crippen LogP contribution in [0.3, 0.4) is 0 Å². The molecular weight excluding hydrogens is 525 g/mol. The van der Waals surface area contributed by atoms with Crippen LogP contribution in [0.15, 0.2) is 60.2 Å². The maximum Gasteiger partial charge on any atom is 0.267 e. The Hall–Kier alpha value is -4.45. The van der Waals surface area contributed by atoms with Gasteiger partial charge in [0.1, 0.15) is 12.4 Å². The zero-order valence-corrected chi connectivity index (χ0v) is 21.8. The summed E-state index contributed by atoms with van der Waals surface area (Å²) in [6.45, 7) is 1.82. The SMILES string of the molecule is Cc1cc(C(CC2CC2)n2cc(-c3cnn(C)c(=O)c3)cn2)[n+]([O-])cc1-c1c(-n2cnnn2)ccc(Cl)c1F. The molecule has 0 radical (unpaired) electrons. The second-order valence-corrected chi connectivity index (χ2v) is 10.1.